The molecule has 0 saturated carbocycles. The van der Waals surface area contributed by atoms with Gasteiger partial charge in [-0.15, -0.1) is 0 Å². The summed E-state index contributed by atoms with van der Waals surface area (Å²) in [5.41, 5.74) is 0. The molecule has 2 saturated heterocycles. The molecular formula is C15H30N2O. The SMILES string of the molecule is CCCNC1COCC1CN1CCC(CCC)C1. The van der Waals surface area contributed by atoms with E-state index in [4.69, 9.17) is 4.74 Å². The number of hydrogen-bond acceptors (Lipinski definition) is 3. The van der Waals surface area contributed by atoms with Crippen LogP contribution in [0.3, 0.4) is 0 Å². The Morgan fingerprint density at radius 1 is 1.22 bits per heavy atom. The van der Waals surface area contributed by atoms with Crippen LogP contribution in [0, 0.1) is 11.8 Å². The molecule has 3 atom stereocenters. The average Bonchev–Trinajstić information content (AvgIpc) is 2.98. The fourth-order valence-electron chi connectivity index (χ4n) is 3.39. The summed E-state index contributed by atoms with van der Waals surface area (Å²) in [6.07, 6.45) is 5.38. The Morgan fingerprint density at radius 3 is 2.89 bits per heavy atom. The van der Waals surface area contributed by atoms with Crippen molar-refractivity contribution in [3.63, 3.8) is 0 Å². The van der Waals surface area contributed by atoms with Crippen LogP contribution in [0.2, 0.25) is 0 Å². The number of nitrogens with one attached hydrogen (secondary N) is 1. The van der Waals surface area contributed by atoms with Gasteiger partial charge in [0.25, 0.3) is 0 Å². The molecule has 2 heterocycles. The van der Waals surface area contributed by atoms with Gasteiger partial charge < -0.3 is 15.0 Å². The summed E-state index contributed by atoms with van der Waals surface area (Å²) in [7, 11) is 0. The molecule has 0 aromatic rings. The van der Waals surface area contributed by atoms with Crippen LogP contribution in [0.4, 0.5) is 0 Å². The highest BCUT2D eigenvalue weighted by atomic mass is 16.5. The van der Waals surface area contributed by atoms with Gasteiger partial charge in [-0.25, -0.2) is 0 Å². The van der Waals surface area contributed by atoms with E-state index in [9.17, 15) is 0 Å². The molecule has 3 heteroatoms. The number of likely N-dealkylation sites (tertiary alicyclic amines) is 1. The van der Waals surface area contributed by atoms with Crippen molar-refractivity contribution in [2.24, 2.45) is 11.8 Å². The van der Waals surface area contributed by atoms with E-state index in [-0.39, 0.29) is 0 Å². The summed E-state index contributed by atoms with van der Waals surface area (Å²) in [6.45, 7) is 11.4. The standard InChI is InChI=1S/C15H30N2O/c1-3-5-13-6-8-17(9-13)10-14-11-18-12-15(14)16-7-4-2/h13-16H,3-12H2,1-2H3. The highest BCUT2D eigenvalue weighted by Gasteiger charge is 2.31. The minimum Gasteiger partial charge on any atom is -0.379 e. The number of hydrogen-bond donors (Lipinski definition) is 1. The van der Waals surface area contributed by atoms with Crippen molar-refractivity contribution in [1.29, 1.82) is 0 Å². The molecule has 0 radical (unpaired) electrons. The fourth-order valence-corrected chi connectivity index (χ4v) is 3.39. The zero-order valence-corrected chi connectivity index (χ0v) is 12.2. The second kappa shape index (κ2) is 7.46. The second-order valence-corrected chi connectivity index (χ2v) is 6.06. The fraction of sp³-hybridized carbons (Fsp3) is 1.00. The number of nitrogens with zero attached hydrogens (tertiary/aromatic N) is 1. The maximum Gasteiger partial charge on any atom is 0.0623 e. The minimum absolute atomic E-state index is 0.593. The van der Waals surface area contributed by atoms with Crippen molar-refractivity contribution >= 4 is 0 Å². The third-order valence-corrected chi connectivity index (χ3v) is 4.41. The van der Waals surface area contributed by atoms with E-state index in [1.807, 2.05) is 0 Å². The van der Waals surface area contributed by atoms with E-state index in [0.29, 0.717) is 12.0 Å². The predicted molar refractivity (Wildman–Crippen MR) is 75.8 cm³/mol. The zero-order chi connectivity index (χ0) is 12.8. The van der Waals surface area contributed by atoms with E-state index in [1.165, 1.54) is 45.3 Å². The Labute approximate surface area is 112 Å². The van der Waals surface area contributed by atoms with Crippen LogP contribution in [-0.2, 0) is 4.74 Å². The number of ether oxygens (including phenoxy) is 1. The van der Waals surface area contributed by atoms with Gasteiger partial charge in [0.15, 0.2) is 0 Å². The lowest BCUT2D eigenvalue weighted by Crippen LogP contribution is -2.41. The molecule has 2 aliphatic rings. The van der Waals surface area contributed by atoms with Crippen LogP contribution in [-0.4, -0.2) is 50.3 Å². The molecule has 0 aliphatic carbocycles. The van der Waals surface area contributed by atoms with E-state index in [1.54, 1.807) is 0 Å². The van der Waals surface area contributed by atoms with E-state index in [2.05, 4.69) is 24.1 Å². The van der Waals surface area contributed by atoms with Crippen LogP contribution >= 0.6 is 0 Å². The smallest absolute Gasteiger partial charge is 0.0623 e. The monoisotopic (exact) mass is 254 g/mol. The normalized spacial score (nSPS) is 33.3. The Morgan fingerprint density at radius 2 is 2.11 bits per heavy atom. The number of rotatable bonds is 7. The Bertz CT molecular complexity index is 235. The third-order valence-electron chi connectivity index (χ3n) is 4.41. The lowest BCUT2D eigenvalue weighted by molar-refractivity contribution is 0.172. The van der Waals surface area contributed by atoms with Crippen molar-refractivity contribution in [2.45, 2.75) is 45.6 Å². The van der Waals surface area contributed by atoms with Crippen LogP contribution in [0.1, 0.15) is 39.5 Å². The summed E-state index contributed by atoms with van der Waals surface area (Å²) in [6, 6.07) is 0.593. The molecule has 2 aliphatic heterocycles. The van der Waals surface area contributed by atoms with Crippen LogP contribution < -0.4 is 5.32 Å². The van der Waals surface area contributed by atoms with Gasteiger partial charge in [-0.1, -0.05) is 20.3 Å². The van der Waals surface area contributed by atoms with Gasteiger partial charge in [-0.2, -0.15) is 0 Å². The summed E-state index contributed by atoms with van der Waals surface area (Å²) >= 11 is 0. The molecule has 0 amide bonds. The molecule has 106 valence electrons. The Hall–Kier alpha value is -0.120. The summed E-state index contributed by atoms with van der Waals surface area (Å²) in [5, 5.41) is 3.64. The molecule has 18 heavy (non-hydrogen) atoms. The summed E-state index contributed by atoms with van der Waals surface area (Å²) < 4.78 is 5.66. The molecular weight excluding hydrogens is 224 g/mol. The van der Waals surface area contributed by atoms with Crippen LogP contribution in [0.5, 0.6) is 0 Å². The van der Waals surface area contributed by atoms with E-state index < -0.39 is 0 Å². The molecule has 2 fully saturated rings. The largest absolute Gasteiger partial charge is 0.379 e. The van der Waals surface area contributed by atoms with Crippen molar-refractivity contribution in [1.82, 2.24) is 10.2 Å². The van der Waals surface area contributed by atoms with Crippen molar-refractivity contribution in [2.75, 3.05) is 39.4 Å². The average molecular weight is 254 g/mol. The van der Waals surface area contributed by atoms with Crippen LogP contribution in [0.25, 0.3) is 0 Å². The first-order chi connectivity index (χ1) is 8.83. The molecule has 2 rings (SSSR count). The topological polar surface area (TPSA) is 24.5 Å². The van der Waals surface area contributed by atoms with Crippen molar-refractivity contribution in [3.8, 4) is 0 Å². The van der Waals surface area contributed by atoms with Crippen molar-refractivity contribution in [3.05, 3.63) is 0 Å². The quantitative estimate of drug-likeness (QED) is 0.753. The van der Waals surface area contributed by atoms with Gasteiger partial charge in [-0.05, 0) is 38.3 Å². The highest BCUT2D eigenvalue weighted by Crippen LogP contribution is 2.24. The predicted octanol–water partition coefficient (Wildman–Crippen LogP) is 2.12. The van der Waals surface area contributed by atoms with Gasteiger partial charge in [0.05, 0.1) is 13.2 Å². The molecule has 0 aromatic carbocycles. The Kier molecular flexibility index (Phi) is 5.93. The van der Waals surface area contributed by atoms with Gasteiger partial charge in [-0.3, -0.25) is 0 Å². The summed E-state index contributed by atoms with van der Waals surface area (Å²) in [5.74, 6) is 1.66. The van der Waals surface area contributed by atoms with Gasteiger partial charge >= 0.3 is 0 Å². The van der Waals surface area contributed by atoms with Gasteiger partial charge in [0, 0.05) is 25.0 Å². The molecule has 1 N–H and O–H groups in total. The molecule has 0 spiro atoms. The first-order valence-electron chi connectivity index (χ1n) is 7.87. The molecule has 0 bridgehead atoms. The maximum atomic E-state index is 5.66. The maximum absolute atomic E-state index is 5.66. The zero-order valence-electron chi connectivity index (χ0n) is 12.2. The first-order valence-corrected chi connectivity index (χ1v) is 7.87. The highest BCUT2D eigenvalue weighted by molar-refractivity contribution is 4.86. The van der Waals surface area contributed by atoms with E-state index in [0.717, 1.165) is 25.7 Å². The summed E-state index contributed by atoms with van der Waals surface area (Å²) in [4.78, 5) is 2.67. The van der Waals surface area contributed by atoms with Crippen molar-refractivity contribution < 1.29 is 4.74 Å². The minimum atomic E-state index is 0.593. The molecule has 3 nitrogen and oxygen atoms in total. The first kappa shape index (κ1) is 14.3. The molecule has 3 unspecified atom stereocenters. The third kappa shape index (κ3) is 3.94. The van der Waals surface area contributed by atoms with Gasteiger partial charge in [0.2, 0.25) is 0 Å². The Balaban J connectivity index is 1.72. The second-order valence-electron chi connectivity index (χ2n) is 6.06. The lowest BCUT2D eigenvalue weighted by Gasteiger charge is -2.24. The lowest BCUT2D eigenvalue weighted by atomic mass is 10.0. The van der Waals surface area contributed by atoms with Crippen LogP contribution in [0.15, 0.2) is 0 Å². The van der Waals surface area contributed by atoms with Gasteiger partial charge in [0.1, 0.15) is 0 Å². The molecule has 0 aromatic heterocycles. The van der Waals surface area contributed by atoms with E-state index >= 15 is 0 Å².